The van der Waals surface area contributed by atoms with Crippen molar-refractivity contribution in [2.24, 2.45) is 0 Å². The summed E-state index contributed by atoms with van der Waals surface area (Å²) in [6.07, 6.45) is 0.757. The second-order valence-corrected chi connectivity index (χ2v) is 9.66. The first-order valence-corrected chi connectivity index (χ1v) is 11.7. The Hall–Kier alpha value is -2.00. The lowest BCUT2D eigenvalue weighted by molar-refractivity contribution is 0.0936. The highest BCUT2D eigenvalue weighted by molar-refractivity contribution is 7.89. The molecule has 8 heteroatoms. The molecule has 0 spiro atoms. The molecule has 1 unspecified atom stereocenters. The van der Waals surface area contributed by atoms with E-state index < -0.39 is 10.0 Å². The van der Waals surface area contributed by atoms with Gasteiger partial charge >= 0.3 is 0 Å². The third kappa shape index (κ3) is 5.04. The molecule has 142 valence electrons. The molecule has 1 aromatic carbocycles. The van der Waals surface area contributed by atoms with E-state index in [9.17, 15) is 13.2 Å². The molecule has 0 aliphatic carbocycles. The predicted molar refractivity (Wildman–Crippen MR) is 110 cm³/mol. The Balaban J connectivity index is 1.73. The van der Waals surface area contributed by atoms with Gasteiger partial charge in [-0.3, -0.25) is 4.79 Å². The smallest absolute Gasteiger partial charge is 0.251 e. The van der Waals surface area contributed by atoms with Crippen molar-refractivity contribution in [3.63, 3.8) is 0 Å². The number of benzene rings is 1. The fourth-order valence-electron chi connectivity index (χ4n) is 2.57. The van der Waals surface area contributed by atoms with Gasteiger partial charge in [-0.1, -0.05) is 25.1 Å². The van der Waals surface area contributed by atoms with Crippen LogP contribution in [0, 0.1) is 0 Å². The third-order valence-electron chi connectivity index (χ3n) is 4.02. The van der Waals surface area contributed by atoms with Crippen LogP contribution in [0.3, 0.4) is 0 Å². The first-order chi connectivity index (χ1) is 13.0. The average Bonchev–Trinajstić information content (AvgIpc) is 3.38. The standard InChI is InChI=1S/C19H20N2O3S3/c1-2-17(18-9-5-11-26-18)21-19(22)14-6-3-8-16(12-14)27(23,24)20-13-15-7-4-10-25-15/h3-12,17,20H,2,13H2,1H3,(H,21,22). The lowest BCUT2D eigenvalue weighted by Gasteiger charge is -2.16. The first-order valence-electron chi connectivity index (χ1n) is 8.46. The van der Waals surface area contributed by atoms with Crippen molar-refractivity contribution in [1.29, 1.82) is 0 Å². The van der Waals surface area contributed by atoms with Crippen molar-refractivity contribution in [2.45, 2.75) is 30.8 Å². The van der Waals surface area contributed by atoms with Crippen molar-refractivity contribution in [1.82, 2.24) is 10.0 Å². The predicted octanol–water partition coefficient (Wildman–Crippen LogP) is 4.17. The largest absolute Gasteiger partial charge is 0.344 e. The third-order valence-corrected chi connectivity index (χ3v) is 7.28. The molecule has 27 heavy (non-hydrogen) atoms. The lowest BCUT2D eigenvalue weighted by atomic mass is 10.1. The van der Waals surface area contributed by atoms with E-state index in [1.54, 1.807) is 23.5 Å². The Labute approximate surface area is 167 Å². The number of carbonyl (C=O) groups is 1. The number of nitrogens with one attached hydrogen (secondary N) is 2. The molecule has 5 nitrogen and oxygen atoms in total. The molecule has 2 aromatic heterocycles. The highest BCUT2D eigenvalue weighted by Gasteiger charge is 2.18. The Kier molecular flexibility index (Phi) is 6.43. The summed E-state index contributed by atoms with van der Waals surface area (Å²) in [5.74, 6) is -0.287. The molecule has 0 aliphatic rings. The molecule has 3 aromatic rings. The van der Waals surface area contributed by atoms with Gasteiger partial charge in [0.15, 0.2) is 0 Å². The molecule has 1 atom stereocenters. The number of carbonyl (C=O) groups excluding carboxylic acids is 1. The molecule has 0 fully saturated rings. The summed E-state index contributed by atoms with van der Waals surface area (Å²) in [6, 6.07) is 13.7. The Morgan fingerprint density at radius 2 is 1.85 bits per heavy atom. The van der Waals surface area contributed by atoms with Gasteiger partial charge in [0.1, 0.15) is 0 Å². The van der Waals surface area contributed by atoms with Crippen molar-refractivity contribution < 1.29 is 13.2 Å². The van der Waals surface area contributed by atoms with Crippen LogP contribution in [0.25, 0.3) is 0 Å². The molecular weight excluding hydrogens is 400 g/mol. The summed E-state index contributed by atoms with van der Waals surface area (Å²) in [7, 11) is -3.69. The van der Waals surface area contributed by atoms with E-state index in [1.165, 1.54) is 23.5 Å². The van der Waals surface area contributed by atoms with Crippen LogP contribution >= 0.6 is 22.7 Å². The van der Waals surface area contributed by atoms with E-state index in [-0.39, 0.29) is 23.4 Å². The van der Waals surface area contributed by atoms with Crippen LogP contribution < -0.4 is 10.0 Å². The summed E-state index contributed by atoms with van der Waals surface area (Å²) in [5.41, 5.74) is 0.323. The zero-order valence-electron chi connectivity index (χ0n) is 14.7. The normalized spacial score (nSPS) is 12.6. The molecule has 0 saturated carbocycles. The van der Waals surface area contributed by atoms with Gasteiger partial charge in [-0.15, -0.1) is 22.7 Å². The van der Waals surface area contributed by atoms with E-state index >= 15 is 0 Å². The summed E-state index contributed by atoms with van der Waals surface area (Å²) in [6.45, 7) is 2.23. The summed E-state index contributed by atoms with van der Waals surface area (Å²) < 4.78 is 27.6. The van der Waals surface area contributed by atoms with Gasteiger partial charge in [-0.2, -0.15) is 0 Å². The van der Waals surface area contributed by atoms with Crippen LogP contribution in [-0.4, -0.2) is 14.3 Å². The van der Waals surface area contributed by atoms with Crippen molar-refractivity contribution in [3.8, 4) is 0 Å². The summed E-state index contributed by atoms with van der Waals surface area (Å²) in [5, 5.41) is 6.84. The fourth-order valence-corrected chi connectivity index (χ4v) is 5.22. The Bertz CT molecular complexity index is 981. The van der Waals surface area contributed by atoms with Gasteiger partial charge in [0.2, 0.25) is 10.0 Å². The second-order valence-electron chi connectivity index (χ2n) is 5.88. The highest BCUT2D eigenvalue weighted by atomic mass is 32.2. The SMILES string of the molecule is CCC(NC(=O)c1cccc(S(=O)(=O)NCc2cccs2)c1)c1cccs1. The highest BCUT2D eigenvalue weighted by Crippen LogP contribution is 2.22. The van der Waals surface area contributed by atoms with Crippen molar-refractivity contribution >= 4 is 38.6 Å². The molecule has 0 radical (unpaired) electrons. The van der Waals surface area contributed by atoms with E-state index in [1.807, 2.05) is 41.9 Å². The average molecular weight is 421 g/mol. The maximum Gasteiger partial charge on any atom is 0.251 e. The van der Waals surface area contributed by atoms with Gasteiger partial charge in [-0.05, 0) is 47.5 Å². The zero-order valence-corrected chi connectivity index (χ0v) is 17.2. The minimum atomic E-state index is -3.69. The fraction of sp³-hybridized carbons (Fsp3) is 0.211. The van der Waals surface area contributed by atoms with E-state index in [0.29, 0.717) is 5.56 Å². The Morgan fingerprint density at radius 1 is 1.07 bits per heavy atom. The second kappa shape index (κ2) is 8.79. The molecule has 3 rings (SSSR count). The van der Waals surface area contributed by atoms with E-state index in [2.05, 4.69) is 10.0 Å². The van der Waals surface area contributed by atoms with Gasteiger partial charge in [0.05, 0.1) is 10.9 Å². The number of thiophene rings is 2. The maximum atomic E-state index is 12.6. The monoisotopic (exact) mass is 420 g/mol. The van der Waals surface area contributed by atoms with Gasteiger partial charge in [0.25, 0.3) is 5.91 Å². The first kappa shape index (κ1) is 19.8. The minimum absolute atomic E-state index is 0.0795. The number of hydrogen-bond acceptors (Lipinski definition) is 5. The maximum absolute atomic E-state index is 12.6. The topological polar surface area (TPSA) is 75.3 Å². The number of hydrogen-bond donors (Lipinski definition) is 2. The summed E-state index contributed by atoms with van der Waals surface area (Å²) in [4.78, 5) is 14.7. The molecular formula is C19H20N2O3S3. The van der Waals surface area contributed by atoms with Gasteiger partial charge < -0.3 is 5.32 Å². The molecule has 2 heterocycles. The van der Waals surface area contributed by atoms with E-state index in [4.69, 9.17) is 0 Å². The van der Waals surface area contributed by atoms with Gasteiger partial charge in [-0.25, -0.2) is 13.1 Å². The molecule has 0 aliphatic heterocycles. The van der Waals surface area contributed by atoms with Crippen LogP contribution in [0.2, 0.25) is 0 Å². The van der Waals surface area contributed by atoms with Crippen LogP contribution in [0.15, 0.2) is 64.2 Å². The van der Waals surface area contributed by atoms with E-state index in [0.717, 1.165) is 16.2 Å². The van der Waals surface area contributed by atoms with Crippen molar-refractivity contribution in [2.75, 3.05) is 0 Å². The quantitative estimate of drug-likeness (QED) is 0.574. The number of rotatable bonds is 8. The molecule has 2 N–H and O–H groups in total. The van der Waals surface area contributed by atoms with Crippen molar-refractivity contribution in [3.05, 3.63) is 74.6 Å². The lowest BCUT2D eigenvalue weighted by Crippen LogP contribution is -2.28. The number of sulfonamides is 1. The van der Waals surface area contributed by atoms with Crippen LogP contribution in [0.1, 0.15) is 39.5 Å². The summed E-state index contributed by atoms with van der Waals surface area (Å²) >= 11 is 3.07. The van der Waals surface area contributed by atoms with Crippen LogP contribution in [-0.2, 0) is 16.6 Å². The number of amides is 1. The zero-order chi connectivity index (χ0) is 19.3. The minimum Gasteiger partial charge on any atom is -0.344 e. The van der Waals surface area contributed by atoms with Crippen LogP contribution in [0.4, 0.5) is 0 Å². The molecule has 0 saturated heterocycles. The molecule has 0 bridgehead atoms. The molecule has 1 amide bonds. The Morgan fingerprint density at radius 3 is 2.52 bits per heavy atom. The van der Waals surface area contributed by atoms with Gasteiger partial charge in [0, 0.05) is 21.9 Å². The van der Waals surface area contributed by atoms with Crippen LogP contribution in [0.5, 0.6) is 0 Å².